The Bertz CT molecular complexity index is 1030. The molecule has 2 unspecified atom stereocenters. The molecular weight excluding hydrogens is 412 g/mol. The molecule has 0 bridgehead atoms. The van der Waals surface area contributed by atoms with Crippen LogP contribution in [0.1, 0.15) is 24.0 Å². The molecule has 6 nitrogen and oxygen atoms in total. The summed E-state index contributed by atoms with van der Waals surface area (Å²) in [7, 11) is -3.13. The largest absolute Gasteiger partial charge is 0.489 e. The number of hydrogen-bond donors (Lipinski definition) is 1. The molecule has 31 heavy (non-hydrogen) atoms. The average molecular weight is 441 g/mol. The summed E-state index contributed by atoms with van der Waals surface area (Å²) in [6.45, 7) is 2.28. The smallest absolute Gasteiger partial charge is 0.244 e. The number of hydrogen-bond acceptors (Lipinski definition) is 5. The highest BCUT2D eigenvalue weighted by atomic mass is 32.2. The molecular formula is C24H28N2O4S. The van der Waals surface area contributed by atoms with Crippen LogP contribution >= 0.6 is 0 Å². The molecule has 1 amide bonds. The van der Waals surface area contributed by atoms with Gasteiger partial charge in [-0.1, -0.05) is 42.5 Å². The molecule has 1 N–H and O–H groups in total. The number of sulfone groups is 1. The van der Waals surface area contributed by atoms with Gasteiger partial charge in [0.25, 0.3) is 0 Å². The average Bonchev–Trinajstić information content (AvgIpc) is 3.39. The van der Waals surface area contributed by atoms with E-state index < -0.39 is 9.84 Å². The first-order valence-electron chi connectivity index (χ1n) is 10.7. The number of nitrogens with one attached hydrogen (secondary N) is 1. The van der Waals surface area contributed by atoms with E-state index in [4.69, 9.17) is 4.74 Å². The number of rotatable bonds is 7. The zero-order valence-corrected chi connectivity index (χ0v) is 18.3. The van der Waals surface area contributed by atoms with E-state index in [0.717, 1.165) is 42.8 Å². The minimum Gasteiger partial charge on any atom is -0.489 e. The van der Waals surface area contributed by atoms with Crippen LogP contribution in [0.5, 0.6) is 5.75 Å². The zero-order chi connectivity index (χ0) is 21.7. The third kappa shape index (κ3) is 5.95. The number of benzene rings is 2. The lowest BCUT2D eigenvalue weighted by atomic mass is 10.1. The summed E-state index contributed by atoms with van der Waals surface area (Å²) >= 11 is 0. The molecule has 2 aliphatic heterocycles. The van der Waals surface area contributed by atoms with Crippen LogP contribution < -0.4 is 10.1 Å². The van der Waals surface area contributed by atoms with Crippen molar-refractivity contribution in [3.8, 4) is 5.75 Å². The van der Waals surface area contributed by atoms with Gasteiger partial charge < -0.3 is 10.1 Å². The lowest BCUT2D eigenvalue weighted by Crippen LogP contribution is -2.49. The van der Waals surface area contributed by atoms with Gasteiger partial charge in [0, 0.05) is 12.1 Å². The molecule has 164 valence electrons. The SMILES string of the molecule is O=C(/C=C/c1cccc(OCc2ccccc2)c1)NC1CS(=O)(=O)CC1N1CCCC1. The van der Waals surface area contributed by atoms with Gasteiger partial charge in [-0.25, -0.2) is 8.42 Å². The van der Waals surface area contributed by atoms with Gasteiger partial charge in [-0.05, 0) is 55.3 Å². The quantitative estimate of drug-likeness (QED) is 0.670. The van der Waals surface area contributed by atoms with Crippen molar-refractivity contribution in [1.29, 1.82) is 0 Å². The molecule has 0 radical (unpaired) electrons. The van der Waals surface area contributed by atoms with Crippen molar-refractivity contribution in [2.24, 2.45) is 0 Å². The van der Waals surface area contributed by atoms with Crippen LogP contribution in [-0.2, 0) is 21.2 Å². The summed E-state index contributed by atoms with van der Waals surface area (Å²) in [5.74, 6) is 0.586. The maximum Gasteiger partial charge on any atom is 0.244 e. The number of ether oxygens (including phenoxy) is 1. The van der Waals surface area contributed by atoms with E-state index in [9.17, 15) is 13.2 Å². The predicted molar refractivity (Wildman–Crippen MR) is 121 cm³/mol. The van der Waals surface area contributed by atoms with Crippen LogP contribution in [0, 0.1) is 0 Å². The van der Waals surface area contributed by atoms with E-state index in [2.05, 4.69) is 10.2 Å². The first-order chi connectivity index (χ1) is 15.0. The van der Waals surface area contributed by atoms with Crippen molar-refractivity contribution in [1.82, 2.24) is 10.2 Å². The van der Waals surface area contributed by atoms with Crippen LogP contribution in [0.3, 0.4) is 0 Å². The highest BCUT2D eigenvalue weighted by Crippen LogP contribution is 2.23. The Labute approximate surface area is 183 Å². The minimum absolute atomic E-state index is 0.0105. The Morgan fingerprint density at radius 2 is 1.84 bits per heavy atom. The predicted octanol–water partition coefficient (Wildman–Crippen LogP) is 2.66. The second-order valence-electron chi connectivity index (χ2n) is 8.18. The summed E-state index contributed by atoms with van der Waals surface area (Å²) in [5, 5.41) is 2.92. The number of likely N-dealkylation sites (tertiary alicyclic amines) is 1. The minimum atomic E-state index is -3.13. The summed E-state index contributed by atoms with van der Waals surface area (Å²) < 4.78 is 30.2. The molecule has 7 heteroatoms. The molecule has 0 aliphatic carbocycles. The van der Waals surface area contributed by atoms with Crippen molar-refractivity contribution in [3.63, 3.8) is 0 Å². The summed E-state index contributed by atoms with van der Waals surface area (Å²) in [4.78, 5) is 14.7. The Balaban J connectivity index is 1.35. The first-order valence-corrected chi connectivity index (χ1v) is 12.5. The van der Waals surface area contributed by atoms with Crippen LogP contribution in [0.2, 0.25) is 0 Å². The van der Waals surface area contributed by atoms with Gasteiger partial charge >= 0.3 is 0 Å². The number of amides is 1. The lowest BCUT2D eigenvalue weighted by molar-refractivity contribution is -0.117. The molecule has 2 aromatic rings. The molecule has 0 spiro atoms. The fourth-order valence-corrected chi connectivity index (χ4v) is 6.20. The fourth-order valence-electron chi connectivity index (χ4n) is 4.25. The summed E-state index contributed by atoms with van der Waals surface area (Å²) in [5.41, 5.74) is 1.93. The van der Waals surface area contributed by atoms with E-state index in [0.29, 0.717) is 6.61 Å². The topological polar surface area (TPSA) is 75.7 Å². The Morgan fingerprint density at radius 3 is 2.61 bits per heavy atom. The molecule has 4 rings (SSSR count). The maximum atomic E-state index is 12.5. The number of nitrogens with zero attached hydrogens (tertiary/aromatic N) is 1. The van der Waals surface area contributed by atoms with Crippen molar-refractivity contribution in [2.75, 3.05) is 24.6 Å². The second kappa shape index (κ2) is 9.66. The molecule has 2 aromatic carbocycles. The van der Waals surface area contributed by atoms with Crippen LogP contribution in [-0.4, -0.2) is 55.9 Å². The maximum absolute atomic E-state index is 12.5. The third-order valence-corrected chi connectivity index (χ3v) is 7.51. The third-order valence-electron chi connectivity index (χ3n) is 5.79. The Hall–Kier alpha value is -2.64. The molecule has 0 saturated carbocycles. The van der Waals surface area contributed by atoms with Crippen molar-refractivity contribution in [2.45, 2.75) is 31.5 Å². The van der Waals surface area contributed by atoms with Gasteiger partial charge in [0.05, 0.1) is 17.5 Å². The van der Waals surface area contributed by atoms with Crippen molar-refractivity contribution >= 4 is 21.8 Å². The van der Waals surface area contributed by atoms with Crippen LogP contribution in [0.4, 0.5) is 0 Å². The van der Waals surface area contributed by atoms with Gasteiger partial charge in [-0.2, -0.15) is 0 Å². The van der Waals surface area contributed by atoms with E-state index in [1.807, 2.05) is 54.6 Å². The summed E-state index contributed by atoms with van der Waals surface area (Å²) in [6, 6.07) is 17.0. The van der Waals surface area contributed by atoms with Crippen LogP contribution in [0.25, 0.3) is 6.08 Å². The number of carbonyl (C=O) groups excluding carboxylic acids is 1. The van der Waals surface area contributed by atoms with Gasteiger partial charge in [-0.3, -0.25) is 9.69 Å². The van der Waals surface area contributed by atoms with Crippen LogP contribution in [0.15, 0.2) is 60.7 Å². The van der Waals surface area contributed by atoms with E-state index in [-0.39, 0.29) is 29.5 Å². The highest BCUT2D eigenvalue weighted by Gasteiger charge is 2.42. The van der Waals surface area contributed by atoms with Gasteiger partial charge in [-0.15, -0.1) is 0 Å². The van der Waals surface area contributed by atoms with Crippen molar-refractivity contribution < 1.29 is 17.9 Å². The monoisotopic (exact) mass is 440 g/mol. The fraction of sp³-hybridized carbons (Fsp3) is 0.375. The normalized spacial score (nSPS) is 23.2. The van der Waals surface area contributed by atoms with Gasteiger partial charge in [0.1, 0.15) is 12.4 Å². The molecule has 2 saturated heterocycles. The van der Waals surface area contributed by atoms with E-state index >= 15 is 0 Å². The first kappa shape index (κ1) is 21.6. The Kier molecular flexibility index (Phi) is 6.73. The molecule has 2 aliphatic rings. The Morgan fingerprint density at radius 1 is 1.06 bits per heavy atom. The van der Waals surface area contributed by atoms with Gasteiger partial charge in [0.15, 0.2) is 9.84 Å². The molecule has 2 atom stereocenters. The number of carbonyl (C=O) groups is 1. The molecule has 0 aromatic heterocycles. The summed E-state index contributed by atoms with van der Waals surface area (Å²) in [6.07, 6.45) is 5.35. The van der Waals surface area contributed by atoms with E-state index in [1.54, 1.807) is 6.08 Å². The lowest BCUT2D eigenvalue weighted by Gasteiger charge is -2.28. The second-order valence-corrected chi connectivity index (χ2v) is 10.3. The molecule has 2 heterocycles. The van der Waals surface area contributed by atoms with E-state index in [1.165, 1.54) is 6.08 Å². The highest BCUT2D eigenvalue weighted by molar-refractivity contribution is 7.91. The molecule has 2 fully saturated rings. The zero-order valence-electron chi connectivity index (χ0n) is 17.4. The van der Waals surface area contributed by atoms with Gasteiger partial charge in [0.2, 0.25) is 5.91 Å². The van der Waals surface area contributed by atoms with Crippen molar-refractivity contribution in [3.05, 3.63) is 71.8 Å². The standard InChI is InChI=1S/C24H28N2O4S/c27-24(25-22-17-31(28,29)18-23(22)26-13-4-5-14-26)12-11-19-9-6-10-21(15-19)30-16-20-7-2-1-3-8-20/h1-3,6-12,15,22-23H,4-5,13-14,16-18H2,(H,25,27)/b12-11+.